The molecule has 2 amide bonds. The zero-order valence-corrected chi connectivity index (χ0v) is 25.6. The maximum absolute atomic E-state index is 13.6. The molecule has 0 fully saturated rings. The van der Waals surface area contributed by atoms with Gasteiger partial charge in [0.15, 0.2) is 0 Å². The molecule has 2 heterocycles. The Balaban J connectivity index is 1.45. The monoisotopic (exact) mass is 624 g/mol. The van der Waals surface area contributed by atoms with Gasteiger partial charge in [-0.15, -0.1) is 22.7 Å². The molecule has 2 N–H and O–H groups in total. The number of amides is 2. The number of hydrogen-bond donors (Lipinski definition) is 2. The van der Waals surface area contributed by atoms with Gasteiger partial charge in [-0.05, 0) is 37.1 Å². The van der Waals surface area contributed by atoms with Crippen molar-refractivity contribution in [2.45, 2.75) is 13.8 Å². The van der Waals surface area contributed by atoms with E-state index < -0.39 is 23.8 Å². The number of thiophene rings is 2. The fraction of sp³-hybridized carbons (Fsp3) is 0.118. The third-order valence-electron chi connectivity index (χ3n) is 6.58. The van der Waals surface area contributed by atoms with Crippen molar-refractivity contribution in [2.24, 2.45) is 0 Å². The van der Waals surface area contributed by atoms with E-state index in [2.05, 4.69) is 10.6 Å². The molecule has 0 bridgehead atoms. The van der Waals surface area contributed by atoms with E-state index in [1.54, 1.807) is 36.7 Å². The lowest BCUT2D eigenvalue weighted by atomic mass is 10.0. The predicted molar refractivity (Wildman–Crippen MR) is 174 cm³/mol. The average Bonchev–Trinajstić information content (AvgIpc) is 3.66. The van der Waals surface area contributed by atoms with Gasteiger partial charge in [-0.1, -0.05) is 72.8 Å². The molecule has 0 saturated carbocycles. The summed E-state index contributed by atoms with van der Waals surface area (Å²) >= 11 is 2.38. The largest absolute Gasteiger partial charge is 0.462 e. The van der Waals surface area contributed by atoms with Crippen molar-refractivity contribution in [3.05, 3.63) is 118 Å². The van der Waals surface area contributed by atoms with Crippen LogP contribution in [0.25, 0.3) is 22.3 Å². The Kier molecular flexibility index (Phi) is 9.63. The molecule has 0 aliphatic carbocycles. The molecule has 0 aliphatic rings. The minimum Gasteiger partial charge on any atom is -0.462 e. The highest BCUT2D eigenvalue weighted by Crippen LogP contribution is 2.38. The van der Waals surface area contributed by atoms with Gasteiger partial charge in [-0.25, -0.2) is 9.59 Å². The fourth-order valence-corrected chi connectivity index (χ4v) is 6.50. The normalized spacial score (nSPS) is 10.6. The summed E-state index contributed by atoms with van der Waals surface area (Å²) in [6, 6.07) is 25.0. The van der Waals surface area contributed by atoms with Crippen molar-refractivity contribution in [2.75, 3.05) is 23.8 Å². The topological polar surface area (TPSA) is 111 Å². The first kappa shape index (κ1) is 30.4. The Morgan fingerprint density at radius 1 is 0.568 bits per heavy atom. The number of benzene rings is 3. The molecule has 0 aliphatic heterocycles. The fourth-order valence-electron chi connectivity index (χ4n) is 4.59. The molecule has 222 valence electrons. The number of esters is 2. The summed E-state index contributed by atoms with van der Waals surface area (Å²) in [6.45, 7) is 3.76. The van der Waals surface area contributed by atoms with Crippen LogP contribution in [-0.2, 0) is 9.47 Å². The van der Waals surface area contributed by atoms with E-state index in [1.807, 2.05) is 60.7 Å². The van der Waals surface area contributed by atoms with Crippen LogP contribution in [0.5, 0.6) is 0 Å². The number of anilines is 2. The quantitative estimate of drug-likeness (QED) is 0.152. The molecule has 0 radical (unpaired) electrons. The lowest BCUT2D eigenvalue weighted by molar-refractivity contribution is 0.0519. The van der Waals surface area contributed by atoms with Crippen LogP contribution in [0.3, 0.4) is 0 Å². The highest BCUT2D eigenvalue weighted by atomic mass is 32.1. The predicted octanol–water partition coefficient (Wildman–Crippen LogP) is 8.00. The van der Waals surface area contributed by atoms with E-state index in [1.165, 1.54) is 34.8 Å². The Morgan fingerprint density at radius 3 is 1.30 bits per heavy atom. The molecule has 0 spiro atoms. The highest BCUT2D eigenvalue weighted by molar-refractivity contribution is 7.15. The molecule has 2 aromatic heterocycles. The van der Waals surface area contributed by atoms with Crippen LogP contribution in [0.2, 0.25) is 0 Å². The van der Waals surface area contributed by atoms with Crippen molar-refractivity contribution in [1.29, 1.82) is 0 Å². The van der Waals surface area contributed by atoms with Crippen molar-refractivity contribution in [3.8, 4) is 22.3 Å². The van der Waals surface area contributed by atoms with E-state index >= 15 is 0 Å². The summed E-state index contributed by atoms with van der Waals surface area (Å²) in [5.41, 5.74) is 3.53. The number of rotatable bonds is 10. The van der Waals surface area contributed by atoms with Crippen LogP contribution >= 0.6 is 22.7 Å². The summed E-state index contributed by atoms with van der Waals surface area (Å²) in [7, 11) is 0. The Hall–Kier alpha value is -5.06. The minimum atomic E-state index is -0.579. The maximum atomic E-state index is 13.6. The molecular weight excluding hydrogens is 597 g/mol. The lowest BCUT2D eigenvalue weighted by Gasteiger charge is -2.12. The van der Waals surface area contributed by atoms with Gasteiger partial charge in [-0.3, -0.25) is 9.59 Å². The van der Waals surface area contributed by atoms with Crippen molar-refractivity contribution in [1.82, 2.24) is 0 Å². The Bertz CT molecular complexity index is 1680. The van der Waals surface area contributed by atoms with Crippen molar-refractivity contribution < 1.29 is 28.7 Å². The van der Waals surface area contributed by atoms with Crippen LogP contribution in [0.4, 0.5) is 10.0 Å². The summed E-state index contributed by atoms with van der Waals surface area (Å²) < 4.78 is 10.6. The van der Waals surface area contributed by atoms with Gasteiger partial charge in [0.25, 0.3) is 11.8 Å². The molecule has 3 aromatic carbocycles. The van der Waals surface area contributed by atoms with E-state index in [0.717, 1.165) is 11.1 Å². The average molecular weight is 625 g/mol. The molecule has 0 atom stereocenters. The van der Waals surface area contributed by atoms with Gasteiger partial charge in [0.05, 0.1) is 24.3 Å². The second kappa shape index (κ2) is 13.9. The minimum absolute atomic E-state index is 0.0898. The first-order chi connectivity index (χ1) is 21.4. The first-order valence-corrected chi connectivity index (χ1v) is 15.6. The van der Waals surface area contributed by atoms with E-state index in [-0.39, 0.29) is 35.5 Å². The molecule has 8 nitrogen and oxygen atoms in total. The number of ether oxygens (including phenoxy) is 2. The van der Waals surface area contributed by atoms with E-state index in [4.69, 9.17) is 9.47 Å². The third-order valence-corrected chi connectivity index (χ3v) is 8.37. The second-order valence-corrected chi connectivity index (χ2v) is 11.1. The smallest absolute Gasteiger partial charge is 0.341 e. The molecule has 0 saturated heterocycles. The molecule has 0 unspecified atom stereocenters. The second-order valence-electron chi connectivity index (χ2n) is 9.33. The molecule has 5 rings (SSSR count). The molecule has 10 heteroatoms. The van der Waals surface area contributed by atoms with Crippen molar-refractivity contribution in [3.63, 3.8) is 0 Å². The SMILES string of the molecule is CCOC(=O)c1c(-c2ccccc2)csc1NC(=O)c1ccccc1C(=O)Nc1scc(-c2ccccc2)c1C(=O)OCC. The van der Waals surface area contributed by atoms with E-state index in [9.17, 15) is 19.2 Å². The van der Waals surface area contributed by atoms with Crippen LogP contribution in [0.15, 0.2) is 95.7 Å². The van der Waals surface area contributed by atoms with E-state index in [0.29, 0.717) is 21.1 Å². The standard InChI is InChI=1S/C34H28N2O6S2/c1-3-41-33(39)27-25(21-13-7-5-8-14-21)19-43-31(27)35-29(37)23-17-11-12-18-24(23)30(38)36-32-28(34(40)42-4-2)26(20-44-32)22-15-9-6-10-16-22/h5-20H,3-4H2,1-2H3,(H,35,37)(H,36,38). The highest BCUT2D eigenvalue weighted by Gasteiger charge is 2.27. The van der Waals surface area contributed by atoms with Gasteiger partial charge in [0, 0.05) is 21.9 Å². The first-order valence-electron chi connectivity index (χ1n) is 13.8. The summed E-state index contributed by atoms with van der Waals surface area (Å²) in [6.07, 6.45) is 0. The Labute approximate surface area is 262 Å². The number of carbonyl (C=O) groups is 4. The maximum Gasteiger partial charge on any atom is 0.341 e. The third kappa shape index (κ3) is 6.46. The molecular formula is C34H28N2O6S2. The summed E-state index contributed by atoms with van der Waals surface area (Å²) in [5, 5.41) is 9.81. The van der Waals surface area contributed by atoms with Crippen LogP contribution in [-0.4, -0.2) is 37.0 Å². The number of hydrogen-bond acceptors (Lipinski definition) is 8. The summed E-state index contributed by atoms with van der Waals surface area (Å²) in [4.78, 5) is 53.2. The van der Waals surface area contributed by atoms with Crippen molar-refractivity contribution >= 4 is 56.4 Å². The van der Waals surface area contributed by atoms with Crippen LogP contribution in [0, 0.1) is 0 Å². The van der Waals surface area contributed by atoms with Gasteiger partial charge < -0.3 is 20.1 Å². The summed E-state index contributed by atoms with van der Waals surface area (Å²) in [5.74, 6) is -2.28. The number of carbonyl (C=O) groups excluding carboxylic acids is 4. The van der Waals surface area contributed by atoms with Gasteiger partial charge in [-0.2, -0.15) is 0 Å². The van der Waals surface area contributed by atoms with Gasteiger partial charge in [0.2, 0.25) is 0 Å². The Morgan fingerprint density at radius 2 is 0.932 bits per heavy atom. The van der Waals surface area contributed by atoms with Crippen LogP contribution < -0.4 is 10.6 Å². The zero-order valence-electron chi connectivity index (χ0n) is 23.9. The lowest BCUT2D eigenvalue weighted by Crippen LogP contribution is -2.21. The van der Waals surface area contributed by atoms with Gasteiger partial charge >= 0.3 is 11.9 Å². The molecule has 5 aromatic rings. The number of nitrogens with one attached hydrogen (secondary N) is 2. The molecule has 44 heavy (non-hydrogen) atoms. The van der Waals surface area contributed by atoms with Crippen LogP contribution in [0.1, 0.15) is 55.3 Å². The van der Waals surface area contributed by atoms with Gasteiger partial charge in [0.1, 0.15) is 21.1 Å². The zero-order chi connectivity index (χ0) is 31.1.